The van der Waals surface area contributed by atoms with Crippen LogP contribution in [-0.4, -0.2) is 69.4 Å². The quantitative estimate of drug-likeness (QED) is 0.267. The van der Waals surface area contributed by atoms with Crippen molar-refractivity contribution in [3.63, 3.8) is 0 Å². The maximum absolute atomic E-state index is 5.69. The number of aliphatic imine (C=N–C) groups is 1. The number of hydrogen-bond donors (Lipinski definition) is 1. The van der Waals surface area contributed by atoms with E-state index in [-0.39, 0.29) is 24.0 Å². The summed E-state index contributed by atoms with van der Waals surface area (Å²) < 4.78 is 10.7. The number of halogens is 1. The molecule has 158 valence electrons. The maximum atomic E-state index is 5.69. The van der Waals surface area contributed by atoms with Gasteiger partial charge >= 0.3 is 0 Å². The second-order valence-electron chi connectivity index (χ2n) is 6.55. The molecule has 1 aromatic carbocycles. The Bertz CT molecular complexity index is 752. The third kappa shape index (κ3) is 7.04. The van der Waals surface area contributed by atoms with Crippen LogP contribution in [0.15, 0.2) is 53.7 Å². The Labute approximate surface area is 190 Å². The first-order valence-electron chi connectivity index (χ1n) is 9.62. The minimum Gasteiger partial charge on any atom is -0.491 e. The van der Waals surface area contributed by atoms with Crippen LogP contribution in [-0.2, 0) is 11.3 Å². The molecule has 1 saturated heterocycles. The molecular formula is C21H30IN5O2. The highest BCUT2D eigenvalue weighted by Crippen LogP contribution is 2.14. The molecule has 0 atom stereocenters. The highest BCUT2D eigenvalue weighted by molar-refractivity contribution is 14.0. The fourth-order valence-corrected chi connectivity index (χ4v) is 3.19. The third-order valence-electron chi connectivity index (χ3n) is 4.67. The molecule has 2 heterocycles. The van der Waals surface area contributed by atoms with E-state index in [2.05, 4.69) is 43.3 Å². The Hall–Kier alpha value is -2.07. The second kappa shape index (κ2) is 12.5. The smallest absolute Gasteiger partial charge is 0.194 e. The van der Waals surface area contributed by atoms with Crippen LogP contribution < -0.4 is 15.0 Å². The average Bonchev–Trinajstić information content (AvgIpc) is 2.76. The van der Waals surface area contributed by atoms with Gasteiger partial charge in [-0.05, 0) is 29.8 Å². The molecule has 0 bridgehead atoms. The van der Waals surface area contributed by atoms with Crippen molar-refractivity contribution in [2.75, 3.05) is 58.5 Å². The Kier molecular flexibility index (Phi) is 9.99. The predicted octanol–water partition coefficient (Wildman–Crippen LogP) is 2.62. The SMILES string of the molecule is CN=C(NCc1cccc(OCCOC)c1)N1CCN(c2ccccn2)CC1.I. The summed E-state index contributed by atoms with van der Waals surface area (Å²) in [4.78, 5) is 13.5. The summed E-state index contributed by atoms with van der Waals surface area (Å²) in [5.74, 6) is 2.82. The molecule has 0 saturated carbocycles. The number of hydrogen-bond acceptors (Lipinski definition) is 5. The molecule has 1 aliphatic heterocycles. The zero-order valence-electron chi connectivity index (χ0n) is 17.1. The van der Waals surface area contributed by atoms with Gasteiger partial charge in [-0.2, -0.15) is 0 Å². The molecule has 0 amide bonds. The van der Waals surface area contributed by atoms with E-state index in [4.69, 9.17) is 9.47 Å². The zero-order valence-corrected chi connectivity index (χ0v) is 19.4. The average molecular weight is 511 g/mol. The number of guanidine groups is 1. The minimum absolute atomic E-state index is 0. The Morgan fingerprint density at radius 3 is 2.62 bits per heavy atom. The first-order valence-corrected chi connectivity index (χ1v) is 9.62. The molecule has 0 radical (unpaired) electrons. The van der Waals surface area contributed by atoms with Crippen molar-refractivity contribution in [2.24, 2.45) is 4.99 Å². The molecular weight excluding hydrogens is 481 g/mol. The maximum Gasteiger partial charge on any atom is 0.194 e. The summed E-state index contributed by atoms with van der Waals surface area (Å²) in [5, 5.41) is 3.47. The monoisotopic (exact) mass is 511 g/mol. The van der Waals surface area contributed by atoms with Gasteiger partial charge in [0.25, 0.3) is 0 Å². The van der Waals surface area contributed by atoms with E-state index in [1.807, 2.05) is 37.5 Å². The number of pyridine rings is 1. The van der Waals surface area contributed by atoms with Gasteiger partial charge in [-0.15, -0.1) is 24.0 Å². The molecule has 7 nitrogen and oxygen atoms in total. The molecule has 1 fully saturated rings. The lowest BCUT2D eigenvalue weighted by molar-refractivity contribution is 0.146. The first kappa shape index (κ1) is 23.2. The van der Waals surface area contributed by atoms with E-state index in [9.17, 15) is 0 Å². The van der Waals surface area contributed by atoms with Crippen molar-refractivity contribution in [1.82, 2.24) is 15.2 Å². The van der Waals surface area contributed by atoms with Crippen molar-refractivity contribution in [1.29, 1.82) is 0 Å². The Morgan fingerprint density at radius 1 is 1.10 bits per heavy atom. The highest BCUT2D eigenvalue weighted by atomic mass is 127. The van der Waals surface area contributed by atoms with Crippen molar-refractivity contribution >= 4 is 35.8 Å². The lowest BCUT2D eigenvalue weighted by atomic mass is 10.2. The van der Waals surface area contributed by atoms with Gasteiger partial charge in [0.2, 0.25) is 0 Å². The number of ether oxygens (including phenoxy) is 2. The standard InChI is InChI=1S/C21H29N5O2.HI/c1-22-21(24-17-18-6-5-7-19(16-18)28-15-14-27-2)26-12-10-25(11-13-26)20-8-3-4-9-23-20;/h3-9,16H,10-15,17H2,1-2H3,(H,22,24);1H. The van der Waals surface area contributed by atoms with Crippen LogP contribution in [0.2, 0.25) is 0 Å². The number of nitrogens with zero attached hydrogens (tertiary/aromatic N) is 4. The van der Waals surface area contributed by atoms with Crippen LogP contribution in [0.4, 0.5) is 5.82 Å². The van der Waals surface area contributed by atoms with Gasteiger partial charge in [-0.1, -0.05) is 18.2 Å². The molecule has 1 aliphatic rings. The summed E-state index contributed by atoms with van der Waals surface area (Å²) in [7, 11) is 3.50. The van der Waals surface area contributed by atoms with Crippen LogP contribution in [0, 0.1) is 0 Å². The fourth-order valence-electron chi connectivity index (χ4n) is 3.19. The summed E-state index contributed by atoms with van der Waals surface area (Å²) >= 11 is 0. The van der Waals surface area contributed by atoms with Crippen molar-refractivity contribution in [2.45, 2.75) is 6.54 Å². The van der Waals surface area contributed by atoms with E-state index in [1.54, 1.807) is 7.11 Å². The van der Waals surface area contributed by atoms with Gasteiger partial charge in [0.1, 0.15) is 18.2 Å². The van der Waals surface area contributed by atoms with Crippen molar-refractivity contribution < 1.29 is 9.47 Å². The summed E-state index contributed by atoms with van der Waals surface area (Å²) in [6, 6.07) is 14.1. The van der Waals surface area contributed by atoms with Gasteiger partial charge in [0, 0.05) is 53.1 Å². The van der Waals surface area contributed by atoms with Crippen LogP contribution in [0.25, 0.3) is 0 Å². The molecule has 8 heteroatoms. The minimum atomic E-state index is 0. The van der Waals surface area contributed by atoms with Crippen LogP contribution >= 0.6 is 24.0 Å². The Morgan fingerprint density at radius 2 is 1.93 bits per heavy atom. The van der Waals surface area contributed by atoms with E-state index in [0.717, 1.165) is 49.3 Å². The summed E-state index contributed by atoms with van der Waals surface area (Å²) in [6.45, 7) is 5.53. The first-order chi connectivity index (χ1) is 13.8. The fraction of sp³-hybridized carbons (Fsp3) is 0.429. The van der Waals surface area contributed by atoms with Gasteiger partial charge in [-0.3, -0.25) is 4.99 Å². The molecule has 2 aromatic rings. The molecule has 0 spiro atoms. The van der Waals surface area contributed by atoms with Gasteiger partial charge < -0.3 is 24.6 Å². The number of aromatic nitrogens is 1. The summed E-state index contributed by atoms with van der Waals surface area (Å²) in [5.41, 5.74) is 1.16. The van der Waals surface area contributed by atoms with Crippen LogP contribution in [0.3, 0.4) is 0 Å². The van der Waals surface area contributed by atoms with E-state index in [0.29, 0.717) is 19.8 Å². The predicted molar refractivity (Wildman–Crippen MR) is 127 cm³/mol. The number of rotatable bonds is 7. The van der Waals surface area contributed by atoms with Crippen molar-refractivity contribution in [3.05, 3.63) is 54.2 Å². The Balaban J connectivity index is 0.00000300. The molecule has 1 N–H and O–H groups in total. The number of methoxy groups -OCH3 is 1. The van der Waals surface area contributed by atoms with Gasteiger partial charge in [-0.25, -0.2) is 4.98 Å². The van der Waals surface area contributed by atoms with Crippen LogP contribution in [0.5, 0.6) is 5.75 Å². The third-order valence-corrected chi connectivity index (χ3v) is 4.67. The molecule has 0 unspecified atom stereocenters. The lowest BCUT2D eigenvalue weighted by Crippen LogP contribution is -2.52. The van der Waals surface area contributed by atoms with Gasteiger partial charge in [0.05, 0.1) is 6.61 Å². The zero-order chi connectivity index (χ0) is 19.6. The van der Waals surface area contributed by atoms with E-state index < -0.39 is 0 Å². The van der Waals surface area contributed by atoms with Crippen molar-refractivity contribution in [3.8, 4) is 5.75 Å². The topological polar surface area (TPSA) is 62.2 Å². The molecule has 29 heavy (non-hydrogen) atoms. The largest absolute Gasteiger partial charge is 0.491 e. The second-order valence-corrected chi connectivity index (χ2v) is 6.55. The normalized spacial score (nSPS) is 14.3. The number of piperazine rings is 1. The van der Waals surface area contributed by atoms with Gasteiger partial charge in [0.15, 0.2) is 5.96 Å². The number of anilines is 1. The molecule has 0 aliphatic carbocycles. The van der Waals surface area contributed by atoms with E-state index >= 15 is 0 Å². The molecule has 3 rings (SSSR count). The lowest BCUT2D eigenvalue weighted by Gasteiger charge is -2.37. The highest BCUT2D eigenvalue weighted by Gasteiger charge is 2.20. The van der Waals surface area contributed by atoms with Crippen LogP contribution in [0.1, 0.15) is 5.56 Å². The number of nitrogens with one attached hydrogen (secondary N) is 1. The summed E-state index contributed by atoms with van der Waals surface area (Å²) in [6.07, 6.45) is 1.84. The number of benzene rings is 1. The van der Waals surface area contributed by atoms with E-state index in [1.165, 1.54) is 0 Å². The molecule has 1 aromatic heterocycles.